The van der Waals surface area contributed by atoms with Crippen molar-refractivity contribution in [2.24, 2.45) is 0 Å². The molecule has 0 atom stereocenters. The van der Waals surface area contributed by atoms with E-state index < -0.39 is 0 Å². The summed E-state index contributed by atoms with van der Waals surface area (Å²) in [5.41, 5.74) is 5.69. The lowest BCUT2D eigenvalue weighted by Crippen LogP contribution is -2.14. The minimum absolute atomic E-state index is 0.627. The average Bonchev–Trinajstić information content (AvgIpc) is 2.60. The van der Waals surface area contributed by atoms with Crippen LogP contribution in [0.3, 0.4) is 0 Å². The Hall–Kier alpha value is -1.64. The predicted molar refractivity (Wildman–Crippen MR) is 121 cm³/mol. The van der Waals surface area contributed by atoms with Crippen LogP contribution in [-0.4, -0.2) is 44.5 Å². The Morgan fingerprint density at radius 1 is 0.667 bits per heavy atom. The summed E-state index contributed by atoms with van der Waals surface area (Å²) in [7, 11) is 8.43. The van der Waals surface area contributed by atoms with Gasteiger partial charge in [-0.2, -0.15) is 0 Å². The molecule has 2 aromatic carbocycles. The maximum atomic E-state index is 2.30. The maximum absolute atomic E-state index is 2.30. The van der Waals surface area contributed by atoms with Crippen LogP contribution < -0.4 is 0 Å². The zero-order valence-electron chi connectivity index (χ0n) is 18.8. The van der Waals surface area contributed by atoms with E-state index in [1.165, 1.54) is 22.3 Å². The quantitative estimate of drug-likeness (QED) is 0.610. The van der Waals surface area contributed by atoms with Gasteiger partial charge in [-0.05, 0) is 68.7 Å². The van der Waals surface area contributed by atoms with Crippen LogP contribution in [0, 0.1) is 0 Å². The zero-order valence-corrected chi connectivity index (χ0v) is 18.8. The fraction of sp³-hybridized carbons (Fsp3) is 0.520. The van der Waals surface area contributed by atoms with Crippen LogP contribution in [-0.2, 0) is 13.0 Å². The van der Waals surface area contributed by atoms with Gasteiger partial charge in [-0.1, -0.05) is 76.2 Å². The summed E-state index contributed by atoms with van der Waals surface area (Å²) in [4.78, 5) is 4.41. The molecule has 2 rings (SSSR count). The first-order valence-electron chi connectivity index (χ1n) is 10.2. The van der Waals surface area contributed by atoms with E-state index in [9.17, 15) is 0 Å². The zero-order chi connectivity index (χ0) is 20.4. The van der Waals surface area contributed by atoms with Gasteiger partial charge in [0, 0.05) is 13.1 Å². The lowest BCUT2D eigenvalue weighted by atomic mass is 10.0. The van der Waals surface area contributed by atoms with E-state index in [2.05, 4.69) is 114 Å². The maximum Gasteiger partial charge on any atom is 0.0227 e. The van der Waals surface area contributed by atoms with Gasteiger partial charge in [0.2, 0.25) is 0 Å². The van der Waals surface area contributed by atoms with Gasteiger partial charge in [-0.15, -0.1) is 0 Å². The topological polar surface area (TPSA) is 6.48 Å². The Bertz CT molecular complexity index is 640. The lowest BCUT2D eigenvalue weighted by molar-refractivity contribution is 0.402. The van der Waals surface area contributed by atoms with E-state index in [1.807, 2.05) is 0 Å². The molecule has 2 heteroatoms. The van der Waals surface area contributed by atoms with Crippen molar-refractivity contribution < 1.29 is 0 Å². The number of likely N-dealkylation sites (N-methyl/N-ethyl adjacent to an activating group) is 1. The smallest absolute Gasteiger partial charge is 0.0227 e. The molecule has 0 radical (unpaired) electrons. The van der Waals surface area contributed by atoms with Crippen molar-refractivity contribution in [1.82, 2.24) is 9.80 Å². The Labute approximate surface area is 168 Å². The molecule has 0 saturated heterocycles. The van der Waals surface area contributed by atoms with Gasteiger partial charge in [0.05, 0.1) is 0 Å². The molecule has 2 nitrogen and oxygen atoms in total. The first-order valence-corrected chi connectivity index (χ1v) is 10.2. The standard InChI is InChI=1S/C13H21N.C12H19N/c1-11(2)13-7-5-12(6-8-13)9-10-14(3)4;1-10(2)12-7-5-6-11(8-12)9-13(3)4/h5-8,11H,9-10H2,1-4H3;5-8,10H,9H2,1-4H3. The molecule has 0 saturated carbocycles. The molecule has 0 heterocycles. The summed E-state index contributed by atoms with van der Waals surface area (Å²) in [6.07, 6.45) is 1.14. The molecule has 150 valence electrons. The highest BCUT2D eigenvalue weighted by atomic mass is 15.0. The van der Waals surface area contributed by atoms with E-state index >= 15 is 0 Å². The molecule has 0 amide bonds. The monoisotopic (exact) mass is 368 g/mol. The fourth-order valence-electron chi connectivity index (χ4n) is 2.84. The highest BCUT2D eigenvalue weighted by molar-refractivity contribution is 5.26. The van der Waals surface area contributed by atoms with Gasteiger partial charge >= 0.3 is 0 Å². The third-order valence-electron chi connectivity index (χ3n) is 4.61. The average molecular weight is 369 g/mol. The molecule has 0 spiro atoms. The van der Waals surface area contributed by atoms with Crippen LogP contribution in [0.5, 0.6) is 0 Å². The van der Waals surface area contributed by atoms with Crippen molar-refractivity contribution in [2.45, 2.75) is 52.5 Å². The van der Waals surface area contributed by atoms with E-state index in [0.29, 0.717) is 11.8 Å². The van der Waals surface area contributed by atoms with Crippen molar-refractivity contribution in [2.75, 3.05) is 34.7 Å². The van der Waals surface area contributed by atoms with Crippen LogP contribution in [0.1, 0.15) is 61.8 Å². The highest BCUT2D eigenvalue weighted by Crippen LogP contribution is 2.16. The van der Waals surface area contributed by atoms with E-state index in [1.54, 1.807) is 0 Å². The summed E-state index contributed by atoms with van der Waals surface area (Å²) in [6.45, 7) is 11.1. The van der Waals surface area contributed by atoms with Gasteiger partial charge in [0.15, 0.2) is 0 Å². The Kier molecular flexibility index (Phi) is 10.4. The van der Waals surface area contributed by atoms with Gasteiger partial charge in [-0.3, -0.25) is 0 Å². The summed E-state index contributed by atoms with van der Waals surface area (Å²) in [6, 6.07) is 17.8. The van der Waals surface area contributed by atoms with Crippen LogP contribution in [0.2, 0.25) is 0 Å². The lowest BCUT2D eigenvalue weighted by Gasteiger charge is -2.12. The largest absolute Gasteiger partial charge is 0.309 e. The second-order valence-electron chi connectivity index (χ2n) is 8.59. The Morgan fingerprint density at radius 3 is 1.74 bits per heavy atom. The van der Waals surface area contributed by atoms with Gasteiger partial charge in [0.1, 0.15) is 0 Å². The number of rotatable bonds is 7. The van der Waals surface area contributed by atoms with E-state index in [-0.39, 0.29) is 0 Å². The summed E-state index contributed by atoms with van der Waals surface area (Å²) in [5.74, 6) is 1.26. The van der Waals surface area contributed by atoms with Gasteiger partial charge in [-0.25, -0.2) is 0 Å². The summed E-state index contributed by atoms with van der Waals surface area (Å²) < 4.78 is 0. The molecule has 0 aliphatic carbocycles. The van der Waals surface area contributed by atoms with Crippen molar-refractivity contribution in [3.05, 3.63) is 70.8 Å². The van der Waals surface area contributed by atoms with Crippen LogP contribution in [0.4, 0.5) is 0 Å². The van der Waals surface area contributed by atoms with Crippen molar-refractivity contribution in [3.8, 4) is 0 Å². The molecule has 0 aliphatic heterocycles. The minimum Gasteiger partial charge on any atom is -0.309 e. The third kappa shape index (κ3) is 9.74. The molecule has 2 aromatic rings. The molecule has 0 fully saturated rings. The molecule has 0 unspecified atom stereocenters. The normalized spacial score (nSPS) is 11.3. The number of hydrogen-bond donors (Lipinski definition) is 0. The Balaban J connectivity index is 0.000000271. The molecular formula is C25H40N2. The molecule has 27 heavy (non-hydrogen) atoms. The number of benzene rings is 2. The first-order chi connectivity index (χ1) is 12.7. The van der Waals surface area contributed by atoms with Crippen molar-refractivity contribution in [3.63, 3.8) is 0 Å². The predicted octanol–water partition coefficient (Wildman–Crippen LogP) is 5.79. The molecule has 0 bridgehead atoms. The SMILES string of the molecule is CC(C)c1ccc(CCN(C)C)cc1.CC(C)c1cccc(CN(C)C)c1. The van der Waals surface area contributed by atoms with Gasteiger partial charge in [0.25, 0.3) is 0 Å². The molecular weight excluding hydrogens is 328 g/mol. The van der Waals surface area contributed by atoms with Crippen LogP contribution >= 0.6 is 0 Å². The number of nitrogens with zero attached hydrogens (tertiary/aromatic N) is 2. The Morgan fingerprint density at radius 2 is 1.26 bits per heavy atom. The van der Waals surface area contributed by atoms with Crippen molar-refractivity contribution in [1.29, 1.82) is 0 Å². The van der Waals surface area contributed by atoms with Gasteiger partial charge < -0.3 is 9.80 Å². The molecule has 0 aliphatic rings. The number of hydrogen-bond acceptors (Lipinski definition) is 2. The summed E-state index contributed by atoms with van der Waals surface area (Å²) in [5, 5.41) is 0. The van der Waals surface area contributed by atoms with Crippen LogP contribution in [0.25, 0.3) is 0 Å². The first kappa shape index (κ1) is 23.4. The fourth-order valence-corrected chi connectivity index (χ4v) is 2.84. The summed E-state index contributed by atoms with van der Waals surface area (Å²) >= 11 is 0. The van der Waals surface area contributed by atoms with Crippen molar-refractivity contribution >= 4 is 0 Å². The second-order valence-corrected chi connectivity index (χ2v) is 8.59. The van der Waals surface area contributed by atoms with E-state index in [0.717, 1.165) is 19.5 Å². The molecule has 0 aromatic heterocycles. The molecule has 0 N–H and O–H groups in total. The van der Waals surface area contributed by atoms with E-state index in [4.69, 9.17) is 0 Å². The highest BCUT2D eigenvalue weighted by Gasteiger charge is 2.01. The second kappa shape index (κ2) is 11.9. The minimum atomic E-state index is 0.627. The van der Waals surface area contributed by atoms with Crippen LogP contribution in [0.15, 0.2) is 48.5 Å². The third-order valence-corrected chi connectivity index (χ3v) is 4.61.